The molecule has 0 bridgehead atoms. The molecule has 0 aromatic heterocycles. The van der Waals surface area contributed by atoms with Crippen molar-refractivity contribution in [3.63, 3.8) is 0 Å². The maximum Gasteiger partial charge on any atom is 0.252 e. The van der Waals surface area contributed by atoms with Gasteiger partial charge in [-0.05, 0) is 37.2 Å². The summed E-state index contributed by atoms with van der Waals surface area (Å²) in [5.74, 6) is -0.995. The maximum atomic E-state index is 12.5. The number of carbonyl (C=O) groups is 2. The van der Waals surface area contributed by atoms with Crippen molar-refractivity contribution in [2.75, 3.05) is 13.7 Å². The Labute approximate surface area is 161 Å². The molecule has 5 atom stereocenters. The van der Waals surface area contributed by atoms with Crippen LogP contribution in [0.5, 0.6) is 0 Å². The number of allylic oxidation sites excluding steroid dienone is 1. The lowest BCUT2D eigenvalue weighted by molar-refractivity contribution is -0.151. The van der Waals surface area contributed by atoms with E-state index in [1.165, 1.54) is 7.11 Å². The molecule has 0 radical (unpaired) electrons. The highest BCUT2D eigenvalue weighted by molar-refractivity contribution is 5.89. The zero-order chi connectivity index (χ0) is 20.8. The Morgan fingerprint density at radius 1 is 1.26 bits per heavy atom. The molecule has 1 aliphatic heterocycles. The van der Waals surface area contributed by atoms with Crippen molar-refractivity contribution in [3.8, 4) is 0 Å². The summed E-state index contributed by atoms with van der Waals surface area (Å²) in [6.07, 6.45) is -2.18. The van der Waals surface area contributed by atoms with E-state index in [4.69, 9.17) is 4.74 Å². The minimum absolute atomic E-state index is 0.222. The van der Waals surface area contributed by atoms with Gasteiger partial charge in [-0.3, -0.25) is 9.59 Å². The van der Waals surface area contributed by atoms with Crippen LogP contribution in [0.2, 0.25) is 0 Å². The van der Waals surface area contributed by atoms with Gasteiger partial charge in [-0.25, -0.2) is 0 Å². The number of rotatable bonds is 7. The van der Waals surface area contributed by atoms with E-state index in [1.54, 1.807) is 13.0 Å². The summed E-state index contributed by atoms with van der Waals surface area (Å²) in [5, 5.41) is 36.3. The number of aliphatic hydroxyl groups excluding tert-OH is 3. The van der Waals surface area contributed by atoms with Crippen LogP contribution in [-0.4, -0.2) is 71.2 Å². The Morgan fingerprint density at radius 2 is 1.89 bits per heavy atom. The molecule has 27 heavy (non-hydrogen) atoms. The molecule has 1 aliphatic rings. The third-order valence-electron chi connectivity index (χ3n) is 4.47. The predicted molar refractivity (Wildman–Crippen MR) is 101 cm³/mol. The highest BCUT2D eigenvalue weighted by atomic mass is 16.5. The fourth-order valence-corrected chi connectivity index (χ4v) is 3.14. The normalized spacial score (nSPS) is 23.6. The van der Waals surface area contributed by atoms with Crippen molar-refractivity contribution in [2.45, 2.75) is 77.4 Å². The van der Waals surface area contributed by atoms with E-state index in [0.717, 1.165) is 12.8 Å². The van der Waals surface area contributed by atoms with Gasteiger partial charge in [0.05, 0.1) is 0 Å². The zero-order valence-electron chi connectivity index (χ0n) is 16.9. The molecule has 156 valence electrons. The molecule has 0 saturated carbocycles. The van der Waals surface area contributed by atoms with Gasteiger partial charge in [-0.2, -0.15) is 0 Å². The fraction of sp³-hybridized carbons (Fsp3) is 0.789. The first-order chi connectivity index (χ1) is 12.5. The molecule has 8 heteroatoms. The molecule has 1 saturated heterocycles. The van der Waals surface area contributed by atoms with Gasteiger partial charge in [0, 0.05) is 13.7 Å². The Morgan fingerprint density at radius 3 is 2.44 bits per heavy atom. The van der Waals surface area contributed by atoms with E-state index in [1.807, 2.05) is 20.8 Å². The van der Waals surface area contributed by atoms with Crippen LogP contribution in [-0.2, 0) is 14.3 Å². The van der Waals surface area contributed by atoms with Crippen LogP contribution in [0.1, 0.15) is 47.0 Å². The number of aliphatic hydroxyl groups is 3. The van der Waals surface area contributed by atoms with Crippen LogP contribution in [0, 0.1) is 5.41 Å². The van der Waals surface area contributed by atoms with Crippen LogP contribution < -0.4 is 10.6 Å². The van der Waals surface area contributed by atoms with Crippen molar-refractivity contribution >= 4 is 11.8 Å². The molecular weight excluding hydrogens is 352 g/mol. The summed E-state index contributed by atoms with van der Waals surface area (Å²) in [7, 11) is 1.22. The predicted octanol–water partition coefficient (Wildman–Crippen LogP) is -0.139. The van der Waals surface area contributed by atoms with E-state index in [0.29, 0.717) is 18.5 Å². The zero-order valence-corrected chi connectivity index (χ0v) is 16.9. The molecule has 1 heterocycles. The molecule has 2 amide bonds. The van der Waals surface area contributed by atoms with Gasteiger partial charge in [-0.1, -0.05) is 26.8 Å². The summed E-state index contributed by atoms with van der Waals surface area (Å²) in [4.78, 5) is 24.5. The van der Waals surface area contributed by atoms with Crippen LogP contribution >= 0.6 is 0 Å². The lowest BCUT2D eigenvalue weighted by Crippen LogP contribution is -2.55. The lowest BCUT2D eigenvalue weighted by Gasteiger charge is -2.30. The highest BCUT2D eigenvalue weighted by Gasteiger charge is 2.38. The molecule has 0 spiro atoms. The van der Waals surface area contributed by atoms with E-state index in [9.17, 15) is 24.9 Å². The number of methoxy groups -OCH3 is 1. The van der Waals surface area contributed by atoms with Gasteiger partial charge in [0.2, 0.25) is 5.91 Å². The van der Waals surface area contributed by atoms with Crippen LogP contribution in [0.4, 0.5) is 0 Å². The number of amides is 2. The molecule has 0 aromatic carbocycles. The first kappa shape index (κ1) is 23.6. The second-order valence-electron chi connectivity index (χ2n) is 8.18. The Hall–Kier alpha value is -1.48. The second-order valence-corrected chi connectivity index (χ2v) is 8.18. The quantitative estimate of drug-likeness (QED) is 0.388. The van der Waals surface area contributed by atoms with Gasteiger partial charge in [0.15, 0.2) is 6.10 Å². The number of hydrogen-bond acceptors (Lipinski definition) is 6. The molecule has 1 rings (SSSR count). The standard InChI is InChI=1S/C19H34N2O6/c1-11(10-19(2,3)4)13(22)14(23)15(24)16(27-5)18(26)21-12-8-6-7-9-20-17(12)25/h10,12-16,22-24H,6-9H2,1-5H3,(H,20,25)(H,21,26)/t12-,13+,14-,15+,16+/m0/s1. The average Bonchev–Trinajstić information content (AvgIpc) is 2.77. The number of ether oxygens (including phenoxy) is 1. The van der Waals surface area contributed by atoms with Crippen molar-refractivity contribution in [3.05, 3.63) is 11.6 Å². The molecule has 0 aliphatic carbocycles. The van der Waals surface area contributed by atoms with Gasteiger partial charge in [0.1, 0.15) is 24.4 Å². The van der Waals surface area contributed by atoms with Gasteiger partial charge < -0.3 is 30.7 Å². The summed E-state index contributed by atoms with van der Waals surface area (Å²) in [5.41, 5.74) is 0.258. The minimum Gasteiger partial charge on any atom is -0.387 e. The Balaban J connectivity index is 2.81. The molecular formula is C19H34N2O6. The SMILES string of the molecule is CO[C@@H](C(=O)N[C@H]1CCCCNC1=O)[C@H](O)[C@@H](O)[C@H](O)C(C)=CC(C)(C)C. The summed E-state index contributed by atoms with van der Waals surface area (Å²) >= 11 is 0. The topological polar surface area (TPSA) is 128 Å². The van der Waals surface area contributed by atoms with Crippen molar-refractivity contribution < 1.29 is 29.6 Å². The molecule has 8 nitrogen and oxygen atoms in total. The first-order valence-corrected chi connectivity index (χ1v) is 9.32. The van der Waals surface area contributed by atoms with Crippen molar-refractivity contribution in [1.82, 2.24) is 10.6 Å². The minimum atomic E-state index is -1.66. The third-order valence-corrected chi connectivity index (χ3v) is 4.47. The Kier molecular flexibility index (Phi) is 8.87. The Bertz CT molecular complexity index is 543. The fourth-order valence-electron chi connectivity index (χ4n) is 3.14. The van der Waals surface area contributed by atoms with Gasteiger partial charge in [-0.15, -0.1) is 0 Å². The monoisotopic (exact) mass is 386 g/mol. The number of carbonyl (C=O) groups excluding carboxylic acids is 2. The van der Waals surface area contributed by atoms with Gasteiger partial charge in [0.25, 0.3) is 5.91 Å². The summed E-state index contributed by atoms with van der Waals surface area (Å²) in [6, 6.07) is -0.713. The smallest absolute Gasteiger partial charge is 0.252 e. The third kappa shape index (κ3) is 7.21. The first-order valence-electron chi connectivity index (χ1n) is 9.32. The van der Waals surface area contributed by atoms with Gasteiger partial charge >= 0.3 is 0 Å². The average molecular weight is 386 g/mol. The highest BCUT2D eigenvalue weighted by Crippen LogP contribution is 2.21. The molecule has 0 aromatic rings. The number of nitrogens with one attached hydrogen (secondary N) is 2. The second kappa shape index (κ2) is 10.2. The van der Waals surface area contributed by atoms with Crippen LogP contribution in [0.25, 0.3) is 0 Å². The van der Waals surface area contributed by atoms with Crippen molar-refractivity contribution in [2.24, 2.45) is 5.41 Å². The number of hydrogen-bond donors (Lipinski definition) is 5. The maximum absolute atomic E-state index is 12.5. The van der Waals surface area contributed by atoms with E-state index < -0.39 is 36.4 Å². The van der Waals surface area contributed by atoms with E-state index >= 15 is 0 Å². The van der Waals surface area contributed by atoms with Crippen LogP contribution in [0.15, 0.2) is 11.6 Å². The summed E-state index contributed by atoms with van der Waals surface area (Å²) < 4.78 is 5.05. The van der Waals surface area contributed by atoms with Crippen molar-refractivity contribution in [1.29, 1.82) is 0 Å². The molecule has 1 fully saturated rings. The van der Waals surface area contributed by atoms with Crippen LogP contribution in [0.3, 0.4) is 0 Å². The molecule has 5 N–H and O–H groups in total. The van der Waals surface area contributed by atoms with E-state index in [-0.39, 0.29) is 11.3 Å². The largest absolute Gasteiger partial charge is 0.387 e. The lowest BCUT2D eigenvalue weighted by atomic mass is 9.89. The molecule has 0 unspecified atom stereocenters. The summed E-state index contributed by atoms with van der Waals surface area (Å²) in [6.45, 7) is 8.02. The van der Waals surface area contributed by atoms with E-state index in [2.05, 4.69) is 10.6 Å².